The normalized spacial score (nSPS) is 19.2. The molecule has 88 valence electrons. The number of allylic oxidation sites excluding steroid dienone is 8. The van der Waals surface area contributed by atoms with E-state index in [-0.39, 0.29) is 0 Å². The van der Waals surface area contributed by atoms with E-state index in [4.69, 9.17) is 0 Å². The van der Waals surface area contributed by atoms with Crippen molar-refractivity contribution >= 4 is 41.0 Å². The van der Waals surface area contributed by atoms with Crippen LogP contribution in [0.3, 0.4) is 0 Å². The molecule has 0 unspecified atom stereocenters. The zero-order chi connectivity index (χ0) is 12.4. The summed E-state index contributed by atoms with van der Waals surface area (Å²) in [5, 5.41) is 0. The minimum atomic E-state index is -0.887. The third-order valence-corrected chi connectivity index (χ3v) is 9.33. The van der Waals surface area contributed by atoms with Crippen molar-refractivity contribution < 1.29 is 0 Å². The zero-order valence-corrected chi connectivity index (χ0v) is 15.1. The van der Waals surface area contributed by atoms with E-state index in [2.05, 4.69) is 52.0 Å². The zero-order valence-electron chi connectivity index (χ0n) is 11.6. The van der Waals surface area contributed by atoms with Crippen LogP contribution in [-0.2, 0) is 0 Å². The molecule has 0 aromatic rings. The molecule has 0 radical (unpaired) electrons. The third-order valence-electron chi connectivity index (χ3n) is 3.81. The van der Waals surface area contributed by atoms with Gasteiger partial charge in [0.15, 0.2) is 0 Å². The first-order chi connectivity index (χ1) is 8.09. The summed E-state index contributed by atoms with van der Waals surface area (Å²) in [4.78, 5) is 0. The fourth-order valence-electron chi connectivity index (χ4n) is 2.94. The molecule has 0 spiro atoms. The van der Waals surface area contributed by atoms with Crippen LogP contribution in [-0.4, -0.2) is 41.0 Å². The number of rotatable bonds is 4. The molecule has 0 atom stereocenters. The Morgan fingerprint density at radius 2 is 1.24 bits per heavy atom. The summed E-state index contributed by atoms with van der Waals surface area (Å²) in [6.45, 7) is 9.34. The second-order valence-corrected chi connectivity index (χ2v) is 10.9. The van der Waals surface area contributed by atoms with Crippen LogP contribution in [0.15, 0.2) is 36.5 Å². The van der Waals surface area contributed by atoms with Crippen LogP contribution in [0.1, 0.15) is 40.5 Å². The van der Waals surface area contributed by atoms with Gasteiger partial charge in [0.1, 0.15) is 0 Å². The molecule has 0 aromatic heterocycles. The maximum absolute atomic E-state index is 2.38. The average Bonchev–Trinajstić information content (AvgIpc) is 2.86. The molecule has 0 N–H and O–H groups in total. The van der Waals surface area contributed by atoms with E-state index in [1.807, 2.05) is 1.09 Å². The first-order valence-electron chi connectivity index (χ1n) is 6.86. The second-order valence-electron chi connectivity index (χ2n) is 5.82. The van der Waals surface area contributed by atoms with Crippen LogP contribution in [0.5, 0.6) is 0 Å². The Morgan fingerprint density at radius 3 is 1.59 bits per heavy atom. The first-order valence-corrected chi connectivity index (χ1v) is 10.3. The Labute approximate surface area is 128 Å². The molecule has 0 saturated carbocycles. The predicted molar refractivity (Wildman–Crippen MR) is 77.0 cm³/mol. The average molecular weight is 302 g/mol. The molecular formula is C16H22Sr. The van der Waals surface area contributed by atoms with Crippen LogP contribution in [0.2, 0.25) is 0 Å². The molecule has 0 heterocycles. The van der Waals surface area contributed by atoms with Gasteiger partial charge >= 0.3 is 130 Å². The van der Waals surface area contributed by atoms with Crippen LogP contribution in [0.4, 0.5) is 0 Å². The van der Waals surface area contributed by atoms with Gasteiger partial charge in [-0.2, -0.15) is 0 Å². The van der Waals surface area contributed by atoms with Crippen molar-refractivity contribution in [3.05, 3.63) is 36.5 Å². The summed E-state index contributed by atoms with van der Waals surface area (Å²) in [7, 11) is 0. The molecule has 17 heavy (non-hydrogen) atoms. The summed E-state index contributed by atoms with van der Waals surface area (Å²) < 4.78 is 3.72. The Balaban J connectivity index is 2.18. The van der Waals surface area contributed by atoms with Gasteiger partial charge in [0.05, 0.1) is 0 Å². The molecule has 0 aliphatic heterocycles. The topological polar surface area (TPSA) is 0 Å². The molecule has 2 aliphatic carbocycles. The third kappa shape index (κ3) is 3.26. The molecule has 0 fully saturated rings. The van der Waals surface area contributed by atoms with Gasteiger partial charge in [0.25, 0.3) is 0 Å². The van der Waals surface area contributed by atoms with Crippen LogP contribution >= 0.6 is 0 Å². The number of hydrogen-bond acceptors (Lipinski definition) is 0. The van der Waals surface area contributed by atoms with Gasteiger partial charge in [-0.05, 0) is 0 Å². The summed E-state index contributed by atoms with van der Waals surface area (Å²) >= 11 is -0.887. The van der Waals surface area contributed by atoms with Gasteiger partial charge in [-0.25, -0.2) is 0 Å². The van der Waals surface area contributed by atoms with Crippen molar-refractivity contribution in [3.63, 3.8) is 0 Å². The van der Waals surface area contributed by atoms with Crippen molar-refractivity contribution in [3.8, 4) is 0 Å². The summed E-state index contributed by atoms with van der Waals surface area (Å²) in [6.07, 6.45) is 12.0. The fraction of sp³-hybridized carbons (Fsp3) is 0.500. The van der Waals surface area contributed by atoms with Gasteiger partial charge in [-0.15, -0.1) is 0 Å². The minimum absolute atomic E-state index is 0.720. The Hall–Kier alpha value is 0.441. The van der Waals surface area contributed by atoms with Gasteiger partial charge in [-0.1, -0.05) is 0 Å². The van der Waals surface area contributed by atoms with Crippen molar-refractivity contribution in [2.75, 3.05) is 0 Å². The van der Waals surface area contributed by atoms with Crippen molar-refractivity contribution in [2.24, 2.45) is 11.8 Å². The molecule has 2 aliphatic rings. The first kappa shape index (κ1) is 13.9. The van der Waals surface area contributed by atoms with Gasteiger partial charge in [0, 0.05) is 0 Å². The van der Waals surface area contributed by atoms with Gasteiger partial charge < -0.3 is 0 Å². The molecule has 0 bridgehead atoms. The van der Waals surface area contributed by atoms with Gasteiger partial charge in [0.2, 0.25) is 0 Å². The summed E-state index contributed by atoms with van der Waals surface area (Å²) in [5.74, 6) is 1.44. The van der Waals surface area contributed by atoms with Crippen molar-refractivity contribution in [2.45, 2.75) is 40.5 Å². The van der Waals surface area contributed by atoms with Crippen LogP contribution in [0.25, 0.3) is 0 Å². The van der Waals surface area contributed by atoms with Crippen molar-refractivity contribution in [1.82, 2.24) is 0 Å². The van der Waals surface area contributed by atoms with Crippen LogP contribution in [0, 0.1) is 11.8 Å². The Bertz CT molecular complexity index is 377. The Kier molecular flexibility index (Phi) is 4.94. The second kappa shape index (κ2) is 6.06. The van der Waals surface area contributed by atoms with E-state index in [9.17, 15) is 0 Å². The molecule has 0 nitrogen and oxygen atoms in total. The molecule has 0 saturated heterocycles. The predicted octanol–water partition coefficient (Wildman–Crippen LogP) is 4.43. The maximum atomic E-state index is 2.38. The standard InChI is InChI=1S/2C8H11.Sr/c2*1-7(2)8-5-3-4-6-8;/h2*3,5,7H,4H2,1-2H3;. The molecule has 2 rings (SSSR count). The van der Waals surface area contributed by atoms with E-state index in [0.29, 0.717) is 0 Å². The van der Waals surface area contributed by atoms with E-state index >= 15 is 0 Å². The summed E-state index contributed by atoms with van der Waals surface area (Å²) in [6, 6.07) is 0. The molecular weight excluding hydrogens is 280 g/mol. The molecule has 0 amide bonds. The molecule has 1 heteroatoms. The monoisotopic (exact) mass is 302 g/mol. The Morgan fingerprint density at radius 1 is 0.824 bits per heavy atom. The quantitative estimate of drug-likeness (QED) is 0.674. The van der Waals surface area contributed by atoms with E-state index in [0.717, 1.165) is 11.8 Å². The summed E-state index contributed by atoms with van der Waals surface area (Å²) in [5.41, 5.74) is 3.34. The van der Waals surface area contributed by atoms with E-state index in [1.165, 1.54) is 12.8 Å². The van der Waals surface area contributed by atoms with E-state index < -0.39 is 41.0 Å². The van der Waals surface area contributed by atoms with E-state index in [1.54, 1.807) is 11.1 Å². The SMILES string of the molecule is CC(C)C1=[C]([Sr][C]2=C(C(C)C)C=CC2)CC=C1. The number of hydrogen-bond donors (Lipinski definition) is 0. The van der Waals surface area contributed by atoms with Crippen molar-refractivity contribution in [1.29, 1.82) is 0 Å². The fourth-order valence-corrected chi connectivity index (χ4v) is 9.32. The van der Waals surface area contributed by atoms with Crippen LogP contribution < -0.4 is 0 Å². The van der Waals surface area contributed by atoms with Gasteiger partial charge in [-0.3, -0.25) is 0 Å². The molecule has 0 aromatic carbocycles.